The van der Waals surface area contributed by atoms with Crippen LogP contribution in [0.25, 0.3) is 0 Å². The van der Waals surface area contributed by atoms with Crippen molar-refractivity contribution in [2.24, 2.45) is 0 Å². The molecule has 7 nitrogen and oxygen atoms in total. The number of rotatable bonds is 7. The normalized spacial score (nSPS) is 12.5. The summed E-state index contributed by atoms with van der Waals surface area (Å²) in [5.41, 5.74) is 0.265. The van der Waals surface area contributed by atoms with Gasteiger partial charge in [0, 0.05) is 11.8 Å². The fourth-order valence-corrected chi connectivity index (χ4v) is 2.24. The fraction of sp³-hybridized carbons (Fsp3) is 0.385. The highest BCUT2D eigenvalue weighted by atomic mass is 32.2. The van der Waals surface area contributed by atoms with E-state index in [0.717, 1.165) is 6.26 Å². The first-order chi connectivity index (χ1) is 9.73. The van der Waals surface area contributed by atoms with E-state index in [1.54, 1.807) is 12.1 Å². The Hall–Kier alpha value is -2.09. The third-order valence-electron chi connectivity index (χ3n) is 2.73. The Morgan fingerprint density at radius 1 is 1.29 bits per heavy atom. The van der Waals surface area contributed by atoms with Gasteiger partial charge in [0.15, 0.2) is 0 Å². The van der Waals surface area contributed by atoms with Gasteiger partial charge in [-0.25, -0.2) is 13.2 Å². The van der Waals surface area contributed by atoms with Crippen LogP contribution in [0.5, 0.6) is 5.75 Å². The van der Waals surface area contributed by atoms with Crippen LogP contribution in [0.4, 0.5) is 0 Å². The van der Waals surface area contributed by atoms with Crippen molar-refractivity contribution in [3.63, 3.8) is 0 Å². The first-order valence-corrected chi connectivity index (χ1v) is 8.14. The fourth-order valence-electron chi connectivity index (χ4n) is 1.57. The van der Waals surface area contributed by atoms with Crippen LogP contribution in [-0.2, 0) is 14.6 Å². The van der Waals surface area contributed by atoms with Crippen molar-refractivity contribution in [1.29, 1.82) is 0 Å². The lowest BCUT2D eigenvalue weighted by Gasteiger charge is -2.14. The van der Waals surface area contributed by atoms with Crippen LogP contribution in [0, 0.1) is 0 Å². The number of methoxy groups -OCH3 is 1. The minimum absolute atomic E-state index is 0.184. The van der Waals surface area contributed by atoms with Gasteiger partial charge in [0.1, 0.15) is 21.6 Å². The molecule has 116 valence electrons. The maximum Gasteiger partial charge on any atom is 0.326 e. The predicted octanol–water partition coefficient (Wildman–Crippen LogP) is 0.313. The molecule has 1 atom stereocenters. The Kier molecular flexibility index (Phi) is 5.71. The second-order valence-corrected chi connectivity index (χ2v) is 6.77. The number of hydrogen-bond acceptors (Lipinski definition) is 5. The van der Waals surface area contributed by atoms with Crippen molar-refractivity contribution in [2.45, 2.75) is 12.5 Å². The lowest BCUT2D eigenvalue weighted by Crippen LogP contribution is -2.41. The second-order valence-electron chi connectivity index (χ2n) is 4.51. The summed E-state index contributed by atoms with van der Waals surface area (Å²) in [7, 11) is -1.81. The molecular formula is C13H17NO6S. The number of nitrogens with one attached hydrogen (secondary N) is 1. The lowest BCUT2D eigenvalue weighted by atomic mass is 10.1. The standard InChI is InChI=1S/C13H17NO6S/c1-20-10-5-3-9(4-6-10)12(15)14-11(13(16)17)7-8-21(2,18)19/h3-6,11H,7-8H2,1-2H3,(H,14,15)(H,16,17). The first-order valence-electron chi connectivity index (χ1n) is 6.08. The molecule has 2 N–H and O–H groups in total. The molecule has 0 heterocycles. The average molecular weight is 315 g/mol. The summed E-state index contributed by atoms with van der Waals surface area (Å²) in [6, 6.07) is 4.87. The van der Waals surface area contributed by atoms with E-state index in [-0.39, 0.29) is 17.7 Å². The Morgan fingerprint density at radius 2 is 1.86 bits per heavy atom. The summed E-state index contributed by atoms with van der Waals surface area (Å²) in [4.78, 5) is 23.0. The van der Waals surface area contributed by atoms with Crippen molar-refractivity contribution in [3.05, 3.63) is 29.8 Å². The van der Waals surface area contributed by atoms with Gasteiger partial charge in [0.2, 0.25) is 0 Å². The van der Waals surface area contributed by atoms with Crippen LogP contribution in [-0.4, -0.2) is 50.6 Å². The number of hydrogen-bond donors (Lipinski definition) is 2. The summed E-state index contributed by atoms with van der Waals surface area (Å²) in [6.45, 7) is 0. The predicted molar refractivity (Wildman–Crippen MR) is 76.2 cm³/mol. The number of ether oxygens (including phenoxy) is 1. The van der Waals surface area contributed by atoms with Crippen molar-refractivity contribution in [2.75, 3.05) is 19.1 Å². The van der Waals surface area contributed by atoms with Crippen LogP contribution in [0.15, 0.2) is 24.3 Å². The van der Waals surface area contributed by atoms with Crippen LogP contribution in [0.2, 0.25) is 0 Å². The zero-order valence-corrected chi connectivity index (χ0v) is 12.5. The quantitative estimate of drug-likeness (QED) is 0.749. The number of benzene rings is 1. The highest BCUT2D eigenvalue weighted by molar-refractivity contribution is 7.90. The molecule has 0 aromatic heterocycles. The molecule has 0 saturated heterocycles. The second kappa shape index (κ2) is 7.07. The maximum atomic E-state index is 11.9. The molecule has 0 spiro atoms. The summed E-state index contributed by atoms with van der Waals surface area (Å²) >= 11 is 0. The molecule has 0 saturated carbocycles. The molecule has 1 rings (SSSR count). The molecule has 0 radical (unpaired) electrons. The van der Waals surface area contributed by atoms with Gasteiger partial charge in [-0.15, -0.1) is 0 Å². The number of carbonyl (C=O) groups is 2. The van der Waals surface area contributed by atoms with E-state index in [4.69, 9.17) is 9.84 Å². The van der Waals surface area contributed by atoms with Crippen LogP contribution < -0.4 is 10.1 Å². The molecule has 0 bridgehead atoms. The number of sulfone groups is 1. The van der Waals surface area contributed by atoms with E-state index < -0.39 is 27.8 Å². The van der Waals surface area contributed by atoms with Crippen LogP contribution in [0.3, 0.4) is 0 Å². The summed E-state index contributed by atoms with van der Waals surface area (Å²) in [6.07, 6.45) is 0.827. The lowest BCUT2D eigenvalue weighted by molar-refractivity contribution is -0.139. The number of carbonyl (C=O) groups excluding carboxylic acids is 1. The highest BCUT2D eigenvalue weighted by Gasteiger charge is 2.22. The van der Waals surface area contributed by atoms with Gasteiger partial charge in [-0.3, -0.25) is 4.79 Å². The van der Waals surface area contributed by atoms with E-state index >= 15 is 0 Å². The number of carboxylic acid groups (broad SMARTS) is 1. The molecule has 0 fully saturated rings. The molecule has 1 unspecified atom stereocenters. The van der Waals surface area contributed by atoms with E-state index in [1.165, 1.54) is 19.2 Å². The molecule has 1 amide bonds. The van der Waals surface area contributed by atoms with E-state index in [9.17, 15) is 18.0 Å². The van der Waals surface area contributed by atoms with Gasteiger partial charge >= 0.3 is 5.97 Å². The smallest absolute Gasteiger partial charge is 0.326 e. The van der Waals surface area contributed by atoms with Crippen molar-refractivity contribution < 1.29 is 27.9 Å². The third-order valence-corrected chi connectivity index (χ3v) is 3.71. The van der Waals surface area contributed by atoms with Gasteiger partial charge in [0.05, 0.1) is 12.9 Å². The third kappa shape index (κ3) is 5.82. The molecule has 0 aliphatic carbocycles. The van der Waals surface area contributed by atoms with Crippen molar-refractivity contribution >= 4 is 21.7 Å². The highest BCUT2D eigenvalue weighted by Crippen LogP contribution is 2.11. The maximum absolute atomic E-state index is 11.9. The Labute approximate surface area is 122 Å². The number of carboxylic acids is 1. The van der Waals surface area contributed by atoms with E-state index in [1.807, 2.05) is 0 Å². The molecule has 1 aromatic carbocycles. The number of aliphatic carboxylic acids is 1. The van der Waals surface area contributed by atoms with Crippen LogP contribution in [0.1, 0.15) is 16.8 Å². The van der Waals surface area contributed by atoms with E-state index in [0.29, 0.717) is 5.75 Å². The van der Waals surface area contributed by atoms with Crippen molar-refractivity contribution in [1.82, 2.24) is 5.32 Å². The Morgan fingerprint density at radius 3 is 2.29 bits per heavy atom. The summed E-state index contributed by atoms with van der Waals surface area (Å²) < 4.78 is 27.1. The van der Waals surface area contributed by atoms with Gasteiger partial charge in [-0.1, -0.05) is 0 Å². The van der Waals surface area contributed by atoms with E-state index in [2.05, 4.69) is 5.32 Å². The molecule has 0 aliphatic heterocycles. The zero-order valence-electron chi connectivity index (χ0n) is 11.7. The largest absolute Gasteiger partial charge is 0.497 e. The van der Waals surface area contributed by atoms with Gasteiger partial charge in [-0.2, -0.15) is 0 Å². The zero-order chi connectivity index (χ0) is 16.0. The van der Waals surface area contributed by atoms with Gasteiger partial charge in [0.25, 0.3) is 5.91 Å². The summed E-state index contributed by atoms with van der Waals surface area (Å²) in [5.74, 6) is -1.61. The minimum Gasteiger partial charge on any atom is -0.497 e. The van der Waals surface area contributed by atoms with Crippen LogP contribution >= 0.6 is 0 Å². The summed E-state index contributed by atoms with van der Waals surface area (Å²) in [5, 5.41) is 11.3. The molecule has 21 heavy (non-hydrogen) atoms. The monoisotopic (exact) mass is 315 g/mol. The SMILES string of the molecule is COc1ccc(C(=O)NC(CCS(C)(=O)=O)C(=O)O)cc1. The molecule has 0 aliphatic rings. The topological polar surface area (TPSA) is 110 Å². The van der Waals surface area contributed by atoms with Crippen molar-refractivity contribution in [3.8, 4) is 5.75 Å². The van der Waals surface area contributed by atoms with Gasteiger partial charge < -0.3 is 15.2 Å². The van der Waals surface area contributed by atoms with Gasteiger partial charge in [-0.05, 0) is 30.7 Å². The molecular weight excluding hydrogens is 298 g/mol. The molecule has 8 heteroatoms. The Bertz CT molecular complexity index is 608. The minimum atomic E-state index is -3.29. The average Bonchev–Trinajstić information content (AvgIpc) is 2.42. The Balaban J connectivity index is 2.73. The molecule has 1 aromatic rings. The number of amides is 1. The first kappa shape index (κ1) is 17.0.